The lowest BCUT2D eigenvalue weighted by atomic mass is 10.0. The molecule has 0 radical (unpaired) electrons. The van der Waals surface area contributed by atoms with E-state index in [2.05, 4.69) is 25.3 Å². The molecule has 4 rings (SSSR count). The number of amides is 1. The predicted molar refractivity (Wildman–Crippen MR) is 105 cm³/mol. The van der Waals surface area contributed by atoms with Crippen LogP contribution >= 0.6 is 11.6 Å². The van der Waals surface area contributed by atoms with Gasteiger partial charge in [-0.2, -0.15) is 5.10 Å². The van der Waals surface area contributed by atoms with Crippen molar-refractivity contribution in [3.05, 3.63) is 47.0 Å². The molecule has 1 fully saturated rings. The maximum atomic E-state index is 12.5. The first kappa shape index (κ1) is 17.7. The van der Waals surface area contributed by atoms with E-state index in [1.807, 2.05) is 32.2 Å². The summed E-state index contributed by atoms with van der Waals surface area (Å²) < 4.78 is 1.71. The molecule has 8 heteroatoms. The van der Waals surface area contributed by atoms with Crippen molar-refractivity contribution in [2.45, 2.75) is 25.8 Å². The van der Waals surface area contributed by atoms with Gasteiger partial charge in [-0.25, -0.2) is 9.97 Å². The molecule has 140 valence electrons. The number of hydrogen-bond donors (Lipinski definition) is 1. The summed E-state index contributed by atoms with van der Waals surface area (Å²) in [5, 5.41) is 8.95. The van der Waals surface area contributed by atoms with E-state index in [1.165, 1.54) is 0 Å². The number of carbonyl (C=O) groups is 1. The Morgan fingerprint density at radius 3 is 2.93 bits per heavy atom. The summed E-state index contributed by atoms with van der Waals surface area (Å²) in [5.41, 5.74) is 2.26. The van der Waals surface area contributed by atoms with Crippen LogP contribution in [-0.2, 0) is 7.05 Å². The third-order valence-corrected chi connectivity index (χ3v) is 5.21. The molecule has 0 aliphatic carbocycles. The van der Waals surface area contributed by atoms with Crippen molar-refractivity contribution >= 4 is 34.2 Å². The Labute approximate surface area is 162 Å². The van der Waals surface area contributed by atoms with Crippen LogP contribution in [0.3, 0.4) is 0 Å². The summed E-state index contributed by atoms with van der Waals surface area (Å²) >= 11 is 6.17. The van der Waals surface area contributed by atoms with Crippen LogP contribution in [0.1, 0.15) is 29.0 Å². The highest BCUT2D eigenvalue weighted by Crippen LogP contribution is 2.28. The Hall–Kier alpha value is -2.67. The van der Waals surface area contributed by atoms with Gasteiger partial charge in [0, 0.05) is 42.3 Å². The van der Waals surface area contributed by atoms with Gasteiger partial charge in [0.05, 0.1) is 5.52 Å². The molecule has 1 aromatic carbocycles. The molecule has 1 atom stereocenters. The third kappa shape index (κ3) is 3.60. The van der Waals surface area contributed by atoms with Crippen molar-refractivity contribution in [2.24, 2.45) is 7.05 Å². The van der Waals surface area contributed by atoms with Crippen LogP contribution in [0.25, 0.3) is 10.9 Å². The number of hydrogen-bond acceptors (Lipinski definition) is 5. The average Bonchev–Trinajstić information content (AvgIpc) is 3.00. The second-order valence-electron chi connectivity index (χ2n) is 6.91. The lowest BCUT2D eigenvalue weighted by Gasteiger charge is -2.34. The molecule has 1 unspecified atom stereocenters. The first-order valence-electron chi connectivity index (χ1n) is 8.98. The summed E-state index contributed by atoms with van der Waals surface area (Å²) in [6.45, 7) is 3.50. The fourth-order valence-electron chi connectivity index (χ4n) is 3.49. The van der Waals surface area contributed by atoms with E-state index >= 15 is 0 Å². The average molecular weight is 385 g/mol. The number of carbonyl (C=O) groups excluding carboxylic acids is 1. The second kappa shape index (κ2) is 7.15. The largest absolute Gasteiger partial charge is 0.354 e. The monoisotopic (exact) mass is 384 g/mol. The molecule has 1 saturated heterocycles. The molecule has 0 spiro atoms. The van der Waals surface area contributed by atoms with Gasteiger partial charge in [-0.15, -0.1) is 0 Å². The van der Waals surface area contributed by atoms with E-state index in [0.29, 0.717) is 17.3 Å². The highest BCUT2D eigenvalue weighted by Gasteiger charge is 2.25. The van der Waals surface area contributed by atoms with Crippen molar-refractivity contribution < 1.29 is 4.79 Å². The van der Waals surface area contributed by atoms with E-state index in [-0.39, 0.29) is 11.9 Å². The molecule has 3 aromatic rings. The van der Waals surface area contributed by atoms with Crippen molar-refractivity contribution in [2.75, 3.05) is 18.0 Å². The van der Waals surface area contributed by atoms with Crippen LogP contribution in [0.2, 0.25) is 5.02 Å². The highest BCUT2D eigenvalue weighted by molar-refractivity contribution is 6.31. The Morgan fingerprint density at radius 1 is 1.30 bits per heavy atom. The van der Waals surface area contributed by atoms with Crippen molar-refractivity contribution in [3.63, 3.8) is 0 Å². The maximum absolute atomic E-state index is 12.5. The lowest BCUT2D eigenvalue weighted by molar-refractivity contribution is 0.0927. The normalized spacial score (nSPS) is 17.3. The fraction of sp³-hybridized carbons (Fsp3) is 0.368. The van der Waals surface area contributed by atoms with Crippen LogP contribution in [0.15, 0.2) is 30.6 Å². The van der Waals surface area contributed by atoms with Crippen molar-refractivity contribution in [3.8, 4) is 0 Å². The number of benzene rings is 1. The predicted octanol–water partition coefficient (Wildman–Crippen LogP) is 2.72. The molecule has 3 heterocycles. The van der Waals surface area contributed by atoms with Crippen LogP contribution in [0.4, 0.5) is 5.82 Å². The molecular formula is C19H21ClN6O. The van der Waals surface area contributed by atoms with Crippen molar-refractivity contribution in [1.29, 1.82) is 0 Å². The van der Waals surface area contributed by atoms with Gasteiger partial charge >= 0.3 is 0 Å². The highest BCUT2D eigenvalue weighted by atomic mass is 35.5. The third-order valence-electron chi connectivity index (χ3n) is 4.98. The van der Waals surface area contributed by atoms with E-state index < -0.39 is 0 Å². The Bertz CT molecular complexity index is 982. The molecular weight excluding hydrogens is 364 g/mol. The van der Waals surface area contributed by atoms with Crippen LogP contribution < -0.4 is 10.2 Å². The summed E-state index contributed by atoms with van der Waals surface area (Å²) in [6.07, 6.45) is 3.47. The minimum absolute atomic E-state index is 0.0396. The summed E-state index contributed by atoms with van der Waals surface area (Å²) in [4.78, 5) is 23.5. The van der Waals surface area contributed by atoms with E-state index in [0.717, 1.165) is 41.8 Å². The molecule has 7 nitrogen and oxygen atoms in total. The zero-order valence-corrected chi connectivity index (χ0v) is 16.1. The topological polar surface area (TPSA) is 75.9 Å². The molecule has 1 N–H and O–H groups in total. The number of aryl methyl sites for hydroxylation is 2. The molecule has 0 saturated carbocycles. The number of rotatable bonds is 3. The molecule has 1 aliphatic rings. The summed E-state index contributed by atoms with van der Waals surface area (Å²) in [6, 6.07) is 7.46. The van der Waals surface area contributed by atoms with Gasteiger partial charge in [0.2, 0.25) is 0 Å². The first-order chi connectivity index (χ1) is 13.0. The zero-order valence-electron chi connectivity index (χ0n) is 15.3. The number of piperidine rings is 1. The van der Waals surface area contributed by atoms with Crippen LogP contribution in [0.5, 0.6) is 0 Å². The van der Waals surface area contributed by atoms with Crippen LogP contribution in [0, 0.1) is 6.92 Å². The van der Waals surface area contributed by atoms with Gasteiger partial charge in [-0.05, 0) is 44.0 Å². The number of nitrogens with one attached hydrogen (secondary N) is 1. The number of aromatic nitrogens is 4. The van der Waals surface area contributed by atoms with E-state index in [1.54, 1.807) is 17.1 Å². The zero-order chi connectivity index (χ0) is 19.0. The smallest absolute Gasteiger partial charge is 0.272 e. The molecule has 1 aliphatic heterocycles. The molecule has 1 amide bonds. The standard InChI is InChI=1S/C19H21ClN6O/c1-12-8-17(24-25(12)2)19(27)23-14-4-3-7-26(10-14)18-15-9-13(20)5-6-16(15)21-11-22-18/h5-6,8-9,11,14H,3-4,7,10H2,1-2H3,(H,23,27). The molecule has 27 heavy (non-hydrogen) atoms. The lowest BCUT2D eigenvalue weighted by Crippen LogP contribution is -2.48. The second-order valence-corrected chi connectivity index (χ2v) is 7.35. The Kier molecular flexibility index (Phi) is 4.70. The van der Waals surface area contributed by atoms with Gasteiger partial charge in [0.1, 0.15) is 17.8 Å². The quantitative estimate of drug-likeness (QED) is 0.751. The van der Waals surface area contributed by atoms with Gasteiger partial charge in [-0.3, -0.25) is 9.48 Å². The van der Waals surface area contributed by atoms with Crippen LogP contribution in [-0.4, -0.2) is 44.8 Å². The number of nitrogens with zero attached hydrogens (tertiary/aromatic N) is 5. The minimum atomic E-state index is -0.138. The minimum Gasteiger partial charge on any atom is -0.354 e. The number of fused-ring (bicyclic) bond motifs is 1. The first-order valence-corrected chi connectivity index (χ1v) is 9.36. The molecule has 2 aromatic heterocycles. The maximum Gasteiger partial charge on any atom is 0.272 e. The van der Waals surface area contributed by atoms with Gasteiger partial charge in [0.25, 0.3) is 5.91 Å². The van der Waals surface area contributed by atoms with Crippen molar-refractivity contribution in [1.82, 2.24) is 25.1 Å². The summed E-state index contributed by atoms with van der Waals surface area (Å²) in [7, 11) is 1.83. The fourth-order valence-corrected chi connectivity index (χ4v) is 3.66. The van der Waals surface area contributed by atoms with Gasteiger partial charge in [-0.1, -0.05) is 11.6 Å². The Morgan fingerprint density at radius 2 is 2.15 bits per heavy atom. The van der Waals surface area contributed by atoms with Gasteiger partial charge < -0.3 is 10.2 Å². The number of anilines is 1. The van der Waals surface area contributed by atoms with E-state index in [4.69, 9.17) is 11.6 Å². The Balaban J connectivity index is 1.53. The summed E-state index contributed by atoms with van der Waals surface area (Å²) in [5.74, 6) is 0.719. The van der Waals surface area contributed by atoms with Gasteiger partial charge in [0.15, 0.2) is 0 Å². The molecule has 0 bridgehead atoms. The van der Waals surface area contributed by atoms with E-state index in [9.17, 15) is 4.79 Å². The number of halogens is 1. The SMILES string of the molecule is Cc1cc(C(=O)NC2CCCN(c3ncnc4ccc(Cl)cc34)C2)nn1C.